The number of rotatable bonds is 5. The van der Waals surface area contributed by atoms with Crippen molar-refractivity contribution in [2.24, 2.45) is 0 Å². The minimum Gasteiger partial charge on any atom is -0.351 e. The average molecular weight is 458 g/mol. The van der Waals surface area contributed by atoms with E-state index in [0.29, 0.717) is 22.5 Å². The molecular weight excluding hydrogens is 438 g/mol. The largest absolute Gasteiger partial charge is 0.351 e. The van der Waals surface area contributed by atoms with Crippen molar-refractivity contribution in [2.45, 2.75) is 18.9 Å². The molecule has 1 aliphatic rings. The van der Waals surface area contributed by atoms with Crippen LogP contribution in [-0.4, -0.2) is 21.6 Å². The lowest BCUT2D eigenvalue weighted by Crippen LogP contribution is -2.34. The number of carbonyl (C=O) groups excluding carboxylic acids is 2. The number of fused-ring (bicyclic) bond motifs is 1. The van der Waals surface area contributed by atoms with E-state index in [1.54, 1.807) is 16.8 Å². The van der Waals surface area contributed by atoms with Gasteiger partial charge in [0, 0.05) is 36.0 Å². The molecule has 0 aliphatic carbocycles. The van der Waals surface area contributed by atoms with Crippen LogP contribution in [0.25, 0.3) is 16.9 Å². The number of hydrogen-bond donors (Lipinski definition) is 2. The van der Waals surface area contributed by atoms with Gasteiger partial charge in [-0.15, -0.1) is 0 Å². The number of benzene rings is 3. The number of anilines is 1. The Labute approximate surface area is 194 Å². The summed E-state index contributed by atoms with van der Waals surface area (Å²) in [4.78, 5) is 25.2. The Morgan fingerprint density at radius 2 is 1.76 bits per heavy atom. The van der Waals surface area contributed by atoms with Crippen molar-refractivity contribution < 1.29 is 18.4 Å². The number of amides is 2. The van der Waals surface area contributed by atoms with E-state index in [-0.39, 0.29) is 30.6 Å². The van der Waals surface area contributed by atoms with Crippen LogP contribution in [0.2, 0.25) is 0 Å². The van der Waals surface area contributed by atoms with Crippen LogP contribution in [-0.2, 0) is 16.1 Å². The molecule has 0 radical (unpaired) electrons. The van der Waals surface area contributed by atoms with Crippen molar-refractivity contribution >= 4 is 17.5 Å². The predicted molar refractivity (Wildman–Crippen MR) is 123 cm³/mol. The van der Waals surface area contributed by atoms with E-state index in [1.807, 2.05) is 36.5 Å². The van der Waals surface area contributed by atoms with E-state index in [9.17, 15) is 18.4 Å². The Bertz CT molecular complexity index is 1370. The molecule has 1 atom stereocenters. The first kappa shape index (κ1) is 21.5. The molecule has 0 spiro atoms. The van der Waals surface area contributed by atoms with Crippen molar-refractivity contribution in [3.63, 3.8) is 0 Å². The van der Waals surface area contributed by atoms with Crippen LogP contribution >= 0.6 is 0 Å². The van der Waals surface area contributed by atoms with E-state index < -0.39 is 11.7 Å². The number of hydrogen-bond acceptors (Lipinski definition) is 3. The van der Waals surface area contributed by atoms with Gasteiger partial charge in [-0.25, -0.2) is 13.5 Å². The molecule has 1 aliphatic heterocycles. The molecule has 8 heteroatoms. The van der Waals surface area contributed by atoms with Crippen LogP contribution in [0.4, 0.5) is 14.5 Å². The second-order valence-corrected chi connectivity index (χ2v) is 8.04. The van der Waals surface area contributed by atoms with Gasteiger partial charge in [-0.2, -0.15) is 5.10 Å². The van der Waals surface area contributed by atoms with Crippen molar-refractivity contribution in [3.05, 3.63) is 102 Å². The molecule has 34 heavy (non-hydrogen) atoms. The first-order valence-electron chi connectivity index (χ1n) is 10.7. The van der Waals surface area contributed by atoms with Crippen LogP contribution in [0, 0.1) is 11.6 Å². The number of halogens is 2. The Morgan fingerprint density at radius 3 is 2.53 bits per heavy atom. The quantitative estimate of drug-likeness (QED) is 0.460. The molecule has 5 rings (SSSR count). The van der Waals surface area contributed by atoms with Gasteiger partial charge in [-0.3, -0.25) is 9.59 Å². The van der Waals surface area contributed by atoms with Gasteiger partial charge < -0.3 is 10.6 Å². The molecule has 170 valence electrons. The summed E-state index contributed by atoms with van der Waals surface area (Å²) >= 11 is 0. The highest BCUT2D eigenvalue weighted by Gasteiger charge is 2.31. The van der Waals surface area contributed by atoms with E-state index >= 15 is 0 Å². The molecule has 4 aromatic rings. The maximum Gasteiger partial charge on any atom is 0.228 e. The molecule has 0 unspecified atom stereocenters. The lowest BCUT2D eigenvalue weighted by molar-refractivity contribution is -0.126. The maximum atomic E-state index is 13.6. The molecule has 0 bridgehead atoms. The van der Waals surface area contributed by atoms with Gasteiger partial charge in [-0.05, 0) is 54.1 Å². The first-order valence-corrected chi connectivity index (χ1v) is 10.7. The highest BCUT2D eigenvalue weighted by molar-refractivity contribution is 6.01. The number of carbonyl (C=O) groups is 2. The minimum atomic E-state index is -0.734. The third-order valence-corrected chi connectivity index (χ3v) is 5.75. The Hall–Kier alpha value is -4.33. The van der Waals surface area contributed by atoms with Gasteiger partial charge >= 0.3 is 0 Å². The van der Waals surface area contributed by atoms with Gasteiger partial charge in [0.1, 0.15) is 11.6 Å². The molecular formula is C26H20F2N4O2. The summed E-state index contributed by atoms with van der Waals surface area (Å²) in [7, 11) is 0. The summed E-state index contributed by atoms with van der Waals surface area (Å²) in [6.07, 6.45) is 1.78. The van der Waals surface area contributed by atoms with Gasteiger partial charge in [0.2, 0.25) is 11.8 Å². The third-order valence-electron chi connectivity index (χ3n) is 5.75. The molecule has 0 fully saturated rings. The number of aromatic nitrogens is 2. The van der Waals surface area contributed by atoms with E-state index in [4.69, 9.17) is 0 Å². The average Bonchev–Trinajstić information content (AvgIpc) is 3.27. The lowest BCUT2D eigenvalue weighted by Gasteiger charge is -2.24. The van der Waals surface area contributed by atoms with Crippen molar-refractivity contribution in [1.82, 2.24) is 15.1 Å². The van der Waals surface area contributed by atoms with Crippen LogP contribution in [0.3, 0.4) is 0 Å². The predicted octanol–water partition coefficient (Wildman–Crippen LogP) is 4.56. The second-order valence-electron chi connectivity index (χ2n) is 8.04. The zero-order valence-electron chi connectivity index (χ0n) is 18.0. The topological polar surface area (TPSA) is 76.0 Å². The Balaban J connectivity index is 1.43. The molecule has 2 heterocycles. The minimum absolute atomic E-state index is 0.0292. The fraction of sp³-hybridized carbons (Fsp3) is 0.115. The summed E-state index contributed by atoms with van der Waals surface area (Å²) in [6.45, 7) is 0.146. The number of nitrogens with zero attached hydrogens (tertiary/aromatic N) is 2. The van der Waals surface area contributed by atoms with Crippen molar-refractivity contribution in [1.29, 1.82) is 0 Å². The maximum absolute atomic E-state index is 13.6. The molecule has 1 aromatic heterocycles. The second kappa shape index (κ2) is 8.90. The highest BCUT2D eigenvalue weighted by Crippen LogP contribution is 2.33. The summed E-state index contributed by atoms with van der Waals surface area (Å²) in [5.74, 6) is -2.27. The van der Waals surface area contributed by atoms with E-state index in [2.05, 4.69) is 15.7 Å². The Morgan fingerprint density at radius 1 is 1.03 bits per heavy atom. The smallest absolute Gasteiger partial charge is 0.228 e. The van der Waals surface area contributed by atoms with Crippen LogP contribution in [0.15, 0.2) is 79.0 Å². The normalized spacial score (nSPS) is 14.9. The summed E-state index contributed by atoms with van der Waals surface area (Å²) in [6, 6.07) is 19.5. The molecule has 6 nitrogen and oxygen atoms in total. The summed E-state index contributed by atoms with van der Waals surface area (Å²) in [5, 5.41) is 10.2. The summed E-state index contributed by atoms with van der Waals surface area (Å²) < 4.78 is 28.8. The fourth-order valence-corrected chi connectivity index (χ4v) is 4.08. The number of nitrogens with one attached hydrogen (secondary N) is 2. The van der Waals surface area contributed by atoms with Crippen molar-refractivity contribution in [2.75, 3.05) is 5.32 Å². The van der Waals surface area contributed by atoms with Gasteiger partial charge in [0.05, 0.1) is 17.3 Å². The number of para-hydroxylation sites is 1. The van der Waals surface area contributed by atoms with Crippen molar-refractivity contribution in [3.8, 4) is 16.9 Å². The summed E-state index contributed by atoms with van der Waals surface area (Å²) in [5.41, 5.74) is 3.75. The Kier molecular flexibility index (Phi) is 5.63. The zero-order valence-corrected chi connectivity index (χ0v) is 18.0. The SMILES string of the molecule is O=C1C[C@H](C(=O)NCc2cn(-c3ccccc3)nc2-c2ccc(F)cc2)c2ccc(F)cc2N1. The van der Waals surface area contributed by atoms with Crippen LogP contribution < -0.4 is 10.6 Å². The van der Waals surface area contributed by atoms with Crippen LogP contribution in [0.1, 0.15) is 23.5 Å². The van der Waals surface area contributed by atoms with Gasteiger partial charge in [-0.1, -0.05) is 24.3 Å². The molecule has 3 aromatic carbocycles. The van der Waals surface area contributed by atoms with Crippen LogP contribution in [0.5, 0.6) is 0 Å². The van der Waals surface area contributed by atoms with Gasteiger partial charge in [0.15, 0.2) is 0 Å². The first-order chi connectivity index (χ1) is 16.5. The lowest BCUT2D eigenvalue weighted by atomic mass is 9.89. The molecule has 2 amide bonds. The molecule has 0 saturated heterocycles. The zero-order chi connectivity index (χ0) is 23.7. The molecule has 0 saturated carbocycles. The fourth-order valence-electron chi connectivity index (χ4n) is 4.08. The van der Waals surface area contributed by atoms with E-state index in [1.165, 1.54) is 30.3 Å². The third kappa shape index (κ3) is 4.30. The highest BCUT2D eigenvalue weighted by atomic mass is 19.1. The standard InChI is InChI=1S/C26H20F2N4O2/c27-18-8-6-16(7-9-18)25-17(15-32(31-25)20-4-2-1-3-5-20)14-29-26(34)22-13-24(33)30-23-12-19(28)10-11-21(22)23/h1-12,15,22H,13-14H2,(H,29,34)(H,30,33)/t22-/m0/s1. The van der Waals surface area contributed by atoms with Gasteiger partial charge in [0.25, 0.3) is 0 Å². The monoisotopic (exact) mass is 458 g/mol. The van der Waals surface area contributed by atoms with E-state index in [0.717, 1.165) is 11.3 Å². The molecule has 2 N–H and O–H groups in total.